The molecule has 3 rings (SSSR count). The Balaban J connectivity index is 1.90. The van der Waals surface area contributed by atoms with Gasteiger partial charge in [-0.3, -0.25) is 4.90 Å². The molecule has 0 saturated carbocycles. The zero-order valence-corrected chi connectivity index (χ0v) is 13.3. The highest BCUT2D eigenvalue weighted by atomic mass is 15.2. The van der Waals surface area contributed by atoms with E-state index in [0.717, 1.165) is 24.4 Å². The summed E-state index contributed by atoms with van der Waals surface area (Å²) >= 11 is 0. The molecule has 112 valence electrons. The van der Waals surface area contributed by atoms with Crippen molar-refractivity contribution in [3.05, 3.63) is 35.9 Å². The largest absolute Gasteiger partial charge is 0.370 e. The third kappa shape index (κ3) is 3.18. The summed E-state index contributed by atoms with van der Waals surface area (Å²) in [6.45, 7) is 11.1. The van der Waals surface area contributed by atoms with E-state index in [4.69, 9.17) is 4.98 Å². The summed E-state index contributed by atoms with van der Waals surface area (Å²) in [4.78, 5) is 7.35. The maximum atomic E-state index is 4.81. The minimum absolute atomic E-state index is 0.447. The summed E-state index contributed by atoms with van der Waals surface area (Å²) in [6.07, 6.45) is 1.28. The monoisotopic (exact) mass is 283 g/mol. The Morgan fingerprint density at radius 2 is 2.10 bits per heavy atom. The number of anilines is 1. The second-order valence-corrected chi connectivity index (χ2v) is 6.84. The number of hydrogen-bond donors (Lipinski definition) is 1. The lowest BCUT2D eigenvalue weighted by Gasteiger charge is -2.21. The minimum Gasteiger partial charge on any atom is -0.370 e. The smallest absolute Gasteiger partial charge is 0.131 e. The molecular formula is C18H25N3. The van der Waals surface area contributed by atoms with E-state index in [9.17, 15) is 0 Å². The van der Waals surface area contributed by atoms with E-state index in [-0.39, 0.29) is 0 Å². The van der Waals surface area contributed by atoms with Gasteiger partial charge < -0.3 is 5.32 Å². The van der Waals surface area contributed by atoms with Crippen molar-refractivity contribution >= 4 is 16.7 Å². The molecule has 1 aromatic heterocycles. The van der Waals surface area contributed by atoms with Gasteiger partial charge in [-0.1, -0.05) is 32.0 Å². The van der Waals surface area contributed by atoms with E-state index in [1.54, 1.807) is 0 Å². The molecule has 1 N–H and O–H groups in total. The van der Waals surface area contributed by atoms with Crippen molar-refractivity contribution in [2.75, 3.05) is 25.0 Å². The summed E-state index contributed by atoms with van der Waals surface area (Å²) in [5, 5.41) is 4.65. The number of pyridine rings is 1. The third-order valence-electron chi connectivity index (χ3n) is 4.30. The van der Waals surface area contributed by atoms with E-state index < -0.39 is 0 Å². The second-order valence-electron chi connectivity index (χ2n) is 6.84. The van der Waals surface area contributed by atoms with Gasteiger partial charge in [0.15, 0.2) is 0 Å². The summed E-state index contributed by atoms with van der Waals surface area (Å²) in [7, 11) is 0. The van der Waals surface area contributed by atoms with E-state index in [1.807, 2.05) is 6.07 Å². The zero-order chi connectivity index (χ0) is 14.9. The van der Waals surface area contributed by atoms with Gasteiger partial charge in [0.1, 0.15) is 5.82 Å². The first-order valence-corrected chi connectivity index (χ1v) is 7.92. The molecule has 1 fully saturated rings. The Hall–Kier alpha value is -1.61. The van der Waals surface area contributed by atoms with Crippen LogP contribution in [0.15, 0.2) is 30.3 Å². The van der Waals surface area contributed by atoms with Crippen LogP contribution in [0.5, 0.6) is 0 Å². The molecule has 3 nitrogen and oxygen atoms in total. The number of aromatic nitrogens is 1. The van der Waals surface area contributed by atoms with Crippen LogP contribution in [0.25, 0.3) is 10.9 Å². The zero-order valence-electron chi connectivity index (χ0n) is 13.3. The topological polar surface area (TPSA) is 28.2 Å². The van der Waals surface area contributed by atoms with Crippen molar-refractivity contribution in [3.63, 3.8) is 0 Å². The number of nitrogens with one attached hydrogen (secondary N) is 1. The van der Waals surface area contributed by atoms with E-state index in [2.05, 4.69) is 55.3 Å². The molecule has 0 bridgehead atoms. The fraction of sp³-hybridized carbons (Fsp3) is 0.500. The van der Waals surface area contributed by atoms with Gasteiger partial charge in [0.05, 0.1) is 5.52 Å². The van der Waals surface area contributed by atoms with Crippen molar-refractivity contribution in [2.45, 2.75) is 33.7 Å². The Labute approximate surface area is 127 Å². The average molecular weight is 283 g/mol. The number of rotatable bonds is 4. The number of nitrogens with zero attached hydrogens (tertiary/aromatic N) is 2. The highest BCUT2D eigenvalue weighted by Gasteiger charge is 2.29. The van der Waals surface area contributed by atoms with Gasteiger partial charge in [0.2, 0.25) is 0 Å². The van der Waals surface area contributed by atoms with Gasteiger partial charge in [-0.2, -0.15) is 0 Å². The van der Waals surface area contributed by atoms with E-state index >= 15 is 0 Å². The first-order valence-electron chi connectivity index (χ1n) is 7.92. The Morgan fingerprint density at radius 1 is 1.29 bits per heavy atom. The second kappa shape index (κ2) is 5.64. The molecule has 1 aromatic carbocycles. The van der Waals surface area contributed by atoms with Crippen LogP contribution < -0.4 is 5.32 Å². The lowest BCUT2D eigenvalue weighted by molar-refractivity contribution is 0.284. The van der Waals surface area contributed by atoms with Crippen LogP contribution in [-0.4, -0.2) is 29.5 Å². The standard InChI is InChI=1S/C18H25N3/c1-4-19-17-15(12-21-10-9-18(2,3)13-21)11-14-7-5-6-8-16(14)20-17/h5-8,11H,4,9-10,12-13H2,1-3H3,(H,19,20). The van der Waals surface area contributed by atoms with E-state index in [0.29, 0.717) is 5.41 Å². The fourth-order valence-electron chi connectivity index (χ4n) is 3.20. The first kappa shape index (κ1) is 14.3. The molecule has 2 aromatic rings. The summed E-state index contributed by atoms with van der Waals surface area (Å²) in [5.74, 6) is 1.04. The Morgan fingerprint density at radius 3 is 2.81 bits per heavy atom. The summed E-state index contributed by atoms with van der Waals surface area (Å²) < 4.78 is 0. The minimum atomic E-state index is 0.447. The lowest BCUT2D eigenvalue weighted by atomic mass is 9.93. The van der Waals surface area contributed by atoms with Crippen LogP contribution in [0.3, 0.4) is 0 Å². The highest BCUT2D eigenvalue weighted by Crippen LogP contribution is 2.31. The summed E-state index contributed by atoms with van der Waals surface area (Å²) in [6, 6.07) is 10.7. The average Bonchev–Trinajstić information content (AvgIpc) is 2.79. The van der Waals surface area contributed by atoms with Crippen LogP contribution in [0.1, 0.15) is 32.8 Å². The van der Waals surface area contributed by atoms with Crippen molar-refractivity contribution in [3.8, 4) is 0 Å². The third-order valence-corrected chi connectivity index (χ3v) is 4.30. The molecule has 1 aliphatic heterocycles. The molecule has 2 heterocycles. The van der Waals surface area contributed by atoms with Crippen LogP contribution in [-0.2, 0) is 6.54 Å². The number of para-hydroxylation sites is 1. The molecule has 1 saturated heterocycles. The van der Waals surface area contributed by atoms with Gasteiger partial charge in [0.25, 0.3) is 0 Å². The van der Waals surface area contributed by atoms with Crippen LogP contribution >= 0.6 is 0 Å². The van der Waals surface area contributed by atoms with Crippen LogP contribution in [0, 0.1) is 5.41 Å². The SMILES string of the molecule is CCNc1nc2ccccc2cc1CN1CCC(C)(C)C1. The number of fused-ring (bicyclic) bond motifs is 1. The molecule has 0 spiro atoms. The lowest BCUT2D eigenvalue weighted by Crippen LogP contribution is -2.23. The van der Waals surface area contributed by atoms with Crippen molar-refractivity contribution < 1.29 is 0 Å². The first-order chi connectivity index (χ1) is 10.1. The van der Waals surface area contributed by atoms with Crippen molar-refractivity contribution in [1.82, 2.24) is 9.88 Å². The van der Waals surface area contributed by atoms with E-state index in [1.165, 1.54) is 30.5 Å². The maximum Gasteiger partial charge on any atom is 0.131 e. The molecule has 0 amide bonds. The predicted octanol–water partition coefficient (Wildman–Crippen LogP) is 3.90. The maximum absolute atomic E-state index is 4.81. The van der Waals surface area contributed by atoms with Gasteiger partial charge >= 0.3 is 0 Å². The van der Waals surface area contributed by atoms with Crippen molar-refractivity contribution in [1.29, 1.82) is 0 Å². The molecule has 3 heteroatoms. The van der Waals surface area contributed by atoms with Crippen LogP contribution in [0.2, 0.25) is 0 Å². The van der Waals surface area contributed by atoms with Gasteiger partial charge in [-0.25, -0.2) is 4.98 Å². The Kier molecular flexibility index (Phi) is 3.85. The quantitative estimate of drug-likeness (QED) is 0.922. The van der Waals surface area contributed by atoms with Crippen molar-refractivity contribution in [2.24, 2.45) is 5.41 Å². The van der Waals surface area contributed by atoms with Gasteiger partial charge in [-0.05, 0) is 37.4 Å². The van der Waals surface area contributed by atoms with Gasteiger partial charge in [-0.15, -0.1) is 0 Å². The molecule has 0 atom stereocenters. The fourth-order valence-corrected chi connectivity index (χ4v) is 3.20. The molecular weight excluding hydrogens is 258 g/mol. The van der Waals surface area contributed by atoms with Crippen LogP contribution in [0.4, 0.5) is 5.82 Å². The molecule has 1 aliphatic rings. The molecule has 0 aliphatic carbocycles. The normalized spacial score (nSPS) is 18.2. The Bertz CT molecular complexity index is 633. The predicted molar refractivity (Wildman–Crippen MR) is 89.6 cm³/mol. The summed E-state index contributed by atoms with van der Waals surface area (Å²) in [5.41, 5.74) is 2.83. The molecule has 0 unspecified atom stereocenters. The molecule has 0 radical (unpaired) electrons. The molecule has 21 heavy (non-hydrogen) atoms. The number of hydrogen-bond acceptors (Lipinski definition) is 3. The highest BCUT2D eigenvalue weighted by molar-refractivity contribution is 5.81. The number of benzene rings is 1. The van der Waals surface area contributed by atoms with Gasteiger partial charge in [0, 0.05) is 30.6 Å². The number of likely N-dealkylation sites (tertiary alicyclic amines) is 1.